The van der Waals surface area contributed by atoms with E-state index in [-0.39, 0.29) is 19.1 Å². The zero-order chi connectivity index (χ0) is 19.6. The molecule has 1 aliphatic rings. The van der Waals surface area contributed by atoms with Crippen LogP contribution in [0, 0.1) is 16.0 Å². The van der Waals surface area contributed by atoms with E-state index in [0.29, 0.717) is 23.7 Å². The monoisotopic (exact) mass is 380 g/mol. The molecule has 9 nitrogen and oxygen atoms in total. The van der Waals surface area contributed by atoms with Gasteiger partial charge in [-0.25, -0.2) is 4.79 Å². The molecule has 0 spiro atoms. The van der Waals surface area contributed by atoms with Crippen LogP contribution in [0.3, 0.4) is 0 Å². The van der Waals surface area contributed by atoms with Crippen molar-refractivity contribution in [1.29, 1.82) is 0 Å². The van der Waals surface area contributed by atoms with E-state index in [0.717, 1.165) is 25.9 Å². The van der Waals surface area contributed by atoms with Crippen LogP contribution in [0.15, 0.2) is 24.3 Å². The highest BCUT2D eigenvalue weighted by Crippen LogP contribution is 2.26. The van der Waals surface area contributed by atoms with E-state index in [2.05, 4.69) is 4.84 Å². The number of rotatable bonds is 9. The Balaban J connectivity index is 1.68. The molecule has 1 aliphatic heterocycles. The maximum Gasteiger partial charge on any atom is 0.332 e. The number of benzene rings is 1. The highest BCUT2D eigenvalue weighted by atomic mass is 16.9. The van der Waals surface area contributed by atoms with Crippen molar-refractivity contribution in [3.8, 4) is 11.5 Å². The Morgan fingerprint density at radius 1 is 1.41 bits per heavy atom. The predicted octanol–water partition coefficient (Wildman–Crippen LogP) is 2.23. The summed E-state index contributed by atoms with van der Waals surface area (Å²) in [6.07, 6.45) is 5.36. The van der Waals surface area contributed by atoms with Crippen LogP contribution < -0.4 is 4.74 Å². The molecule has 1 fully saturated rings. The number of nitrogens with zero attached hydrogens (tertiary/aromatic N) is 2. The van der Waals surface area contributed by atoms with E-state index >= 15 is 0 Å². The van der Waals surface area contributed by atoms with Gasteiger partial charge in [0.2, 0.25) is 0 Å². The van der Waals surface area contributed by atoms with Gasteiger partial charge in [0.25, 0.3) is 5.09 Å². The first-order valence-electron chi connectivity index (χ1n) is 8.69. The topological polar surface area (TPSA) is 111 Å². The minimum absolute atomic E-state index is 0.0329. The molecule has 2 rings (SSSR count). The molecule has 0 amide bonds. The second-order valence-corrected chi connectivity index (χ2v) is 6.26. The van der Waals surface area contributed by atoms with Gasteiger partial charge in [-0.05, 0) is 49.0 Å². The van der Waals surface area contributed by atoms with Crippen molar-refractivity contribution < 1.29 is 29.3 Å². The Labute approximate surface area is 157 Å². The quantitative estimate of drug-likeness (QED) is 0.300. The Kier molecular flexibility index (Phi) is 7.87. The summed E-state index contributed by atoms with van der Waals surface area (Å²) in [6, 6.07) is 4.77. The fraction of sp³-hybridized carbons (Fsp3) is 0.500. The third-order valence-corrected chi connectivity index (χ3v) is 4.43. The lowest BCUT2D eigenvalue weighted by atomic mass is 9.94. The smallest absolute Gasteiger partial charge is 0.332 e. The maximum absolute atomic E-state index is 11.9. The Bertz CT molecular complexity index is 670. The second-order valence-electron chi connectivity index (χ2n) is 6.26. The average molecular weight is 380 g/mol. The molecule has 0 saturated carbocycles. The van der Waals surface area contributed by atoms with Gasteiger partial charge in [-0.3, -0.25) is 4.90 Å². The van der Waals surface area contributed by atoms with Gasteiger partial charge in [0, 0.05) is 19.2 Å². The molecule has 148 valence electrons. The van der Waals surface area contributed by atoms with Gasteiger partial charge in [0.1, 0.15) is 6.73 Å². The molecule has 1 N–H and O–H groups in total. The van der Waals surface area contributed by atoms with Crippen LogP contribution in [0.25, 0.3) is 6.08 Å². The van der Waals surface area contributed by atoms with E-state index in [1.807, 2.05) is 4.90 Å². The SMILES string of the molecule is COc1cc(C=CC(=O)OCN2CCC(CCO[N+](=O)[O-])CC2)ccc1O. The summed E-state index contributed by atoms with van der Waals surface area (Å²) in [6.45, 7) is 1.88. The van der Waals surface area contributed by atoms with Gasteiger partial charge in [-0.1, -0.05) is 6.07 Å². The third-order valence-electron chi connectivity index (χ3n) is 4.43. The Morgan fingerprint density at radius 3 is 2.81 bits per heavy atom. The minimum atomic E-state index is -0.768. The van der Waals surface area contributed by atoms with Gasteiger partial charge in [0.15, 0.2) is 11.5 Å². The molecular weight excluding hydrogens is 356 g/mol. The van der Waals surface area contributed by atoms with Crippen LogP contribution in [0.4, 0.5) is 0 Å². The van der Waals surface area contributed by atoms with Gasteiger partial charge >= 0.3 is 5.97 Å². The number of hydrogen-bond donors (Lipinski definition) is 1. The summed E-state index contributed by atoms with van der Waals surface area (Å²) in [5.74, 6) is 0.299. The van der Waals surface area contributed by atoms with E-state index in [1.165, 1.54) is 19.3 Å². The molecule has 0 radical (unpaired) electrons. The standard InChI is InChI=1S/C18H24N2O7/c1-25-17-12-15(2-4-16(17)21)3-5-18(22)26-13-19-9-6-14(7-10-19)8-11-27-20(23)24/h2-5,12,14,21H,6-11,13H2,1H3. The normalized spacial score (nSPS) is 15.6. The second kappa shape index (κ2) is 10.4. The zero-order valence-electron chi connectivity index (χ0n) is 15.2. The molecule has 1 saturated heterocycles. The highest BCUT2D eigenvalue weighted by Gasteiger charge is 2.19. The Morgan fingerprint density at radius 2 is 2.15 bits per heavy atom. The van der Waals surface area contributed by atoms with E-state index in [9.17, 15) is 20.0 Å². The number of phenolic OH excluding ortho intramolecular Hbond substituents is 1. The Hall–Kier alpha value is -2.81. The van der Waals surface area contributed by atoms with E-state index in [1.54, 1.807) is 18.2 Å². The zero-order valence-corrected chi connectivity index (χ0v) is 15.2. The molecule has 27 heavy (non-hydrogen) atoms. The predicted molar refractivity (Wildman–Crippen MR) is 96.5 cm³/mol. The van der Waals surface area contributed by atoms with Crippen molar-refractivity contribution in [2.45, 2.75) is 19.3 Å². The number of likely N-dealkylation sites (tertiary alicyclic amines) is 1. The number of piperidine rings is 1. The van der Waals surface area contributed by atoms with Crippen LogP contribution in [0.2, 0.25) is 0 Å². The molecule has 0 aromatic heterocycles. The number of carbonyl (C=O) groups excluding carboxylic acids is 1. The first-order chi connectivity index (χ1) is 13.0. The maximum atomic E-state index is 11.9. The third kappa shape index (κ3) is 7.14. The number of phenols is 1. The van der Waals surface area contributed by atoms with Crippen LogP contribution in [-0.4, -0.2) is 54.6 Å². The largest absolute Gasteiger partial charge is 0.504 e. The van der Waals surface area contributed by atoms with Crippen LogP contribution >= 0.6 is 0 Å². The fourth-order valence-corrected chi connectivity index (χ4v) is 2.86. The average Bonchev–Trinajstić information content (AvgIpc) is 2.66. The molecule has 0 atom stereocenters. The van der Waals surface area contributed by atoms with Gasteiger partial charge in [-0.15, -0.1) is 10.1 Å². The number of aromatic hydroxyl groups is 1. The van der Waals surface area contributed by atoms with Gasteiger partial charge < -0.3 is 19.4 Å². The van der Waals surface area contributed by atoms with Crippen molar-refractivity contribution in [1.82, 2.24) is 4.90 Å². The molecule has 0 aliphatic carbocycles. The fourth-order valence-electron chi connectivity index (χ4n) is 2.86. The van der Waals surface area contributed by atoms with Crippen molar-refractivity contribution in [2.24, 2.45) is 5.92 Å². The van der Waals surface area contributed by atoms with Crippen LogP contribution in [0.5, 0.6) is 11.5 Å². The highest BCUT2D eigenvalue weighted by molar-refractivity contribution is 5.87. The number of hydrogen-bond acceptors (Lipinski definition) is 8. The molecule has 1 aromatic rings. The minimum Gasteiger partial charge on any atom is -0.504 e. The summed E-state index contributed by atoms with van der Waals surface area (Å²) < 4.78 is 10.3. The molecule has 0 bridgehead atoms. The molecule has 1 aromatic carbocycles. The number of esters is 1. The summed E-state index contributed by atoms with van der Waals surface area (Å²) in [4.78, 5) is 28.4. The van der Waals surface area contributed by atoms with Gasteiger partial charge in [0.05, 0.1) is 13.7 Å². The summed E-state index contributed by atoms with van der Waals surface area (Å²) in [5, 5.41) is 18.9. The van der Waals surface area contributed by atoms with Gasteiger partial charge in [-0.2, -0.15) is 0 Å². The van der Waals surface area contributed by atoms with Crippen molar-refractivity contribution >= 4 is 12.0 Å². The summed E-state index contributed by atoms with van der Waals surface area (Å²) >= 11 is 0. The van der Waals surface area contributed by atoms with E-state index in [4.69, 9.17) is 9.47 Å². The van der Waals surface area contributed by atoms with Crippen LogP contribution in [-0.2, 0) is 14.4 Å². The number of methoxy groups -OCH3 is 1. The number of ether oxygens (including phenoxy) is 2. The van der Waals surface area contributed by atoms with Crippen molar-refractivity contribution in [3.63, 3.8) is 0 Å². The molecular formula is C18H24N2O7. The molecule has 9 heteroatoms. The first-order valence-corrected chi connectivity index (χ1v) is 8.69. The first kappa shape index (κ1) is 20.5. The lowest BCUT2D eigenvalue weighted by molar-refractivity contribution is -0.758. The van der Waals surface area contributed by atoms with Crippen LogP contribution in [0.1, 0.15) is 24.8 Å². The lowest BCUT2D eigenvalue weighted by Gasteiger charge is -2.31. The lowest BCUT2D eigenvalue weighted by Crippen LogP contribution is -2.36. The van der Waals surface area contributed by atoms with E-state index < -0.39 is 11.1 Å². The summed E-state index contributed by atoms with van der Waals surface area (Å²) in [5.41, 5.74) is 0.708. The van der Waals surface area contributed by atoms with Crippen molar-refractivity contribution in [2.75, 3.05) is 33.5 Å². The molecule has 1 heterocycles. The summed E-state index contributed by atoms with van der Waals surface area (Å²) in [7, 11) is 1.45. The van der Waals surface area contributed by atoms with Crippen molar-refractivity contribution in [3.05, 3.63) is 40.0 Å². The number of carbonyl (C=O) groups is 1. The molecule has 0 unspecified atom stereocenters.